The third kappa shape index (κ3) is 3.46. The quantitative estimate of drug-likeness (QED) is 0.763. The molecular weight excluding hydrogens is 336 g/mol. The van der Waals surface area contributed by atoms with Crippen LogP contribution < -0.4 is 10.6 Å². The van der Waals surface area contributed by atoms with Gasteiger partial charge in [0.2, 0.25) is 0 Å². The number of benzene rings is 1. The SMILES string of the molecule is Cc1ccc(C(=O)NC2(C(=O)O)CCCC2)cc1NC(=O)c1ccco1. The molecule has 0 spiro atoms. The van der Waals surface area contributed by atoms with Crippen molar-refractivity contribution in [3.8, 4) is 0 Å². The molecule has 0 saturated heterocycles. The van der Waals surface area contributed by atoms with Crippen LogP contribution >= 0.6 is 0 Å². The van der Waals surface area contributed by atoms with Gasteiger partial charge < -0.3 is 20.2 Å². The van der Waals surface area contributed by atoms with Gasteiger partial charge >= 0.3 is 5.97 Å². The van der Waals surface area contributed by atoms with Crippen molar-refractivity contribution in [2.45, 2.75) is 38.1 Å². The van der Waals surface area contributed by atoms with Crippen molar-refractivity contribution in [2.24, 2.45) is 0 Å². The van der Waals surface area contributed by atoms with E-state index >= 15 is 0 Å². The fraction of sp³-hybridized carbons (Fsp3) is 0.316. The Bertz CT molecular complexity index is 836. The van der Waals surface area contributed by atoms with Crippen LogP contribution in [-0.4, -0.2) is 28.4 Å². The number of aliphatic carboxylic acids is 1. The van der Waals surface area contributed by atoms with Crippen molar-refractivity contribution in [1.82, 2.24) is 5.32 Å². The molecule has 1 saturated carbocycles. The number of carboxylic acids is 1. The second kappa shape index (κ2) is 7.03. The Hall–Kier alpha value is -3.09. The highest BCUT2D eigenvalue weighted by Gasteiger charge is 2.42. The van der Waals surface area contributed by atoms with Crippen LogP contribution in [0, 0.1) is 6.92 Å². The van der Waals surface area contributed by atoms with Crippen molar-refractivity contribution < 1.29 is 23.9 Å². The average molecular weight is 356 g/mol. The second-order valence-electron chi connectivity index (χ2n) is 6.51. The first-order chi connectivity index (χ1) is 12.4. The lowest BCUT2D eigenvalue weighted by Crippen LogP contribution is -2.52. The monoisotopic (exact) mass is 356 g/mol. The van der Waals surface area contributed by atoms with Crippen LogP contribution in [0.5, 0.6) is 0 Å². The third-order valence-corrected chi connectivity index (χ3v) is 4.71. The van der Waals surface area contributed by atoms with Gasteiger partial charge in [-0.2, -0.15) is 0 Å². The molecule has 0 aliphatic heterocycles. The standard InChI is InChI=1S/C19H20N2O5/c1-12-6-7-13(11-14(12)20-17(23)15-5-4-10-26-15)16(22)21-19(18(24)25)8-2-3-9-19/h4-7,10-11H,2-3,8-9H2,1H3,(H,20,23)(H,21,22)(H,24,25). The zero-order chi connectivity index (χ0) is 18.7. The normalized spacial score (nSPS) is 15.4. The molecule has 1 aliphatic rings. The lowest BCUT2D eigenvalue weighted by atomic mass is 9.97. The van der Waals surface area contributed by atoms with Crippen LogP contribution in [0.15, 0.2) is 41.0 Å². The Labute approximate surface area is 150 Å². The molecule has 1 aromatic heterocycles. The molecule has 1 aliphatic carbocycles. The zero-order valence-electron chi connectivity index (χ0n) is 14.4. The summed E-state index contributed by atoms with van der Waals surface area (Å²) in [6.45, 7) is 1.80. The lowest BCUT2D eigenvalue weighted by Gasteiger charge is -2.25. The molecule has 3 N–H and O–H groups in total. The minimum absolute atomic E-state index is 0.162. The van der Waals surface area contributed by atoms with E-state index < -0.39 is 23.3 Å². The summed E-state index contributed by atoms with van der Waals surface area (Å²) in [5, 5.41) is 14.9. The maximum absolute atomic E-state index is 12.6. The van der Waals surface area contributed by atoms with Crippen LogP contribution in [-0.2, 0) is 4.79 Å². The molecule has 7 heteroatoms. The number of hydrogen-bond acceptors (Lipinski definition) is 4. The summed E-state index contributed by atoms with van der Waals surface area (Å²) in [6.07, 6.45) is 3.78. The van der Waals surface area contributed by atoms with Crippen molar-refractivity contribution in [3.63, 3.8) is 0 Å². The molecule has 1 fully saturated rings. The van der Waals surface area contributed by atoms with Gasteiger partial charge in [-0.15, -0.1) is 0 Å². The summed E-state index contributed by atoms with van der Waals surface area (Å²) in [5.74, 6) is -1.74. The van der Waals surface area contributed by atoms with Crippen molar-refractivity contribution in [2.75, 3.05) is 5.32 Å². The fourth-order valence-corrected chi connectivity index (χ4v) is 3.15. The van der Waals surface area contributed by atoms with Gasteiger partial charge in [0, 0.05) is 11.3 Å². The molecular formula is C19H20N2O5. The van der Waals surface area contributed by atoms with Gasteiger partial charge in [-0.3, -0.25) is 9.59 Å². The minimum Gasteiger partial charge on any atom is -0.480 e. The van der Waals surface area contributed by atoms with Crippen molar-refractivity contribution in [1.29, 1.82) is 0 Å². The van der Waals surface area contributed by atoms with Gasteiger partial charge in [0.1, 0.15) is 5.54 Å². The third-order valence-electron chi connectivity index (χ3n) is 4.71. The molecule has 26 heavy (non-hydrogen) atoms. The number of nitrogens with one attached hydrogen (secondary N) is 2. The topological polar surface area (TPSA) is 109 Å². The van der Waals surface area contributed by atoms with Gasteiger partial charge in [-0.25, -0.2) is 4.79 Å². The highest BCUT2D eigenvalue weighted by atomic mass is 16.4. The lowest BCUT2D eigenvalue weighted by molar-refractivity contribution is -0.144. The number of hydrogen-bond donors (Lipinski definition) is 3. The molecule has 7 nitrogen and oxygen atoms in total. The molecule has 1 aromatic carbocycles. The smallest absolute Gasteiger partial charge is 0.329 e. The summed E-state index contributed by atoms with van der Waals surface area (Å²) >= 11 is 0. The highest BCUT2D eigenvalue weighted by Crippen LogP contribution is 2.30. The van der Waals surface area contributed by atoms with E-state index in [-0.39, 0.29) is 11.3 Å². The van der Waals surface area contributed by atoms with Crippen LogP contribution in [0.4, 0.5) is 5.69 Å². The molecule has 0 unspecified atom stereocenters. The van der Waals surface area contributed by atoms with Gasteiger partial charge in [0.15, 0.2) is 5.76 Å². The Morgan fingerprint density at radius 2 is 1.85 bits per heavy atom. The number of furan rings is 1. The summed E-state index contributed by atoms with van der Waals surface area (Å²) in [5.41, 5.74) is 0.322. The number of carboxylic acid groups (broad SMARTS) is 1. The Balaban J connectivity index is 1.79. The molecule has 2 aromatic rings. The van der Waals surface area contributed by atoms with E-state index in [1.165, 1.54) is 18.4 Å². The minimum atomic E-state index is -1.21. The average Bonchev–Trinajstić information content (AvgIpc) is 3.29. The Kier molecular flexibility index (Phi) is 4.79. The Morgan fingerprint density at radius 3 is 2.46 bits per heavy atom. The number of aryl methyl sites for hydroxylation is 1. The molecule has 0 bridgehead atoms. The fourth-order valence-electron chi connectivity index (χ4n) is 3.15. The zero-order valence-corrected chi connectivity index (χ0v) is 14.4. The predicted octanol–water partition coefficient (Wildman–Crippen LogP) is 2.97. The number of rotatable bonds is 5. The second-order valence-corrected chi connectivity index (χ2v) is 6.51. The van der Waals surface area contributed by atoms with Gasteiger partial charge in [-0.1, -0.05) is 18.9 Å². The predicted molar refractivity (Wildman–Crippen MR) is 94.1 cm³/mol. The van der Waals surface area contributed by atoms with E-state index in [2.05, 4.69) is 10.6 Å². The molecule has 0 radical (unpaired) electrons. The van der Waals surface area contributed by atoms with Crippen molar-refractivity contribution in [3.05, 3.63) is 53.5 Å². The first kappa shape index (κ1) is 17.7. The number of carbonyl (C=O) groups is 3. The van der Waals surface area contributed by atoms with E-state index in [1.807, 2.05) is 0 Å². The molecule has 136 valence electrons. The van der Waals surface area contributed by atoms with E-state index in [9.17, 15) is 19.5 Å². The summed E-state index contributed by atoms with van der Waals surface area (Å²) in [6, 6.07) is 8.00. The first-order valence-corrected chi connectivity index (χ1v) is 8.43. The molecule has 2 amide bonds. The molecule has 0 atom stereocenters. The van der Waals surface area contributed by atoms with Crippen LogP contribution in [0.25, 0.3) is 0 Å². The Morgan fingerprint density at radius 1 is 1.12 bits per heavy atom. The van der Waals surface area contributed by atoms with E-state index in [1.54, 1.807) is 25.1 Å². The van der Waals surface area contributed by atoms with Crippen LogP contribution in [0.1, 0.15) is 52.2 Å². The summed E-state index contributed by atoms with van der Waals surface area (Å²) in [7, 11) is 0. The van der Waals surface area contributed by atoms with E-state index in [4.69, 9.17) is 4.42 Å². The summed E-state index contributed by atoms with van der Waals surface area (Å²) in [4.78, 5) is 36.3. The van der Waals surface area contributed by atoms with Gasteiger partial charge in [0.25, 0.3) is 11.8 Å². The van der Waals surface area contributed by atoms with Crippen LogP contribution in [0.2, 0.25) is 0 Å². The highest BCUT2D eigenvalue weighted by molar-refractivity contribution is 6.04. The maximum atomic E-state index is 12.6. The number of amides is 2. The largest absolute Gasteiger partial charge is 0.480 e. The van der Waals surface area contributed by atoms with E-state index in [0.717, 1.165) is 18.4 Å². The van der Waals surface area contributed by atoms with Crippen molar-refractivity contribution >= 4 is 23.5 Å². The van der Waals surface area contributed by atoms with Gasteiger partial charge in [-0.05, 0) is 49.6 Å². The maximum Gasteiger partial charge on any atom is 0.329 e. The number of anilines is 1. The first-order valence-electron chi connectivity index (χ1n) is 8.43. The molecule has 1 heterocycles. The summed E-state index contributed by atoms with van der Waals surface area (Å²) < 4.78 is 5.06. The van der Waals surface area contributed by atoms with Gasteiger partial charge in [0.05, 0.1) is 6.26 Å². The number of carbonyl (C=O) groups excluding carboxylic acids is 2. The molecule has 3 rings (SSSR count). The van der Waals surface area contributed by atoms with Crippen LogP contribution in [0.3, 0.4) is 0 Å². The van der Waals surface area contributed by atoms with E-state index in [0.29, 0.717) is 18.5 Å².